The van der Waals surface area contributed by atoms with Gasteiger partial charge in [0.2, 0.25) is 11.8 Å². The van der Waals surface area contributed by atoms with Gasteiger partial charge in [0.05, 0.1) is 5.75 Å². The number of nitrogens with zero attached hydrogens (tertiary/aromatic N) is 1. The standard InChI is InChI=1S/C29H32ClFN2O2S/c1-3-21(2)32-29(35)27(17-22-8-5-4-6-9-22)33(18-23-12-14-26(31)15-13-23)28(34)20-36-19-24-10-7-11-25(30)16-24/h4-16,21,27H,3,17-20H2,1-2H3,(H,32,35). The molecule has 0 fully saturated rings. The van der Waals surface area contributed by atoms with E-state index < -0.39 is 6.04 Å². The number of carbonyl (C=O) groups excluding carboxylic acids is 2. The Morgan fingerprint density at radius 1 is 0.972 bits per heavy atom. The number of rotatable bonds is 12. The van der Waals surface area contributed by atoms with Crippen molar-refractivity contribution in [2.24, 2.45) is 0 Å². The minimum absolute atomic E-state index is 0.0178. The number of hydrogen-bond acceptors (Lipinski definition) is 3. The van der Waals surface area contributed by atoms with Crippen LogP contribution in [0, 0.1) is 5.82 Å². The van der Waals surface area contributed by atoms with E-state index in [9.17, 15) is 14.0 Å². The number of halogens is 2. The molecule has 4 nitrogen and oxygen atoms in total. The maximum absolute atomic E-state index is 13.6. The Balaban J connectivity index is 1.85. The molecule has 2 amide bonds. The highest BCUT2D eigenvalue weighted by atomic mass is 35.5. The molecule has 0 aliphatic carbocycles. The minimum atomic E-state index is -0.703. The SMILES string of the molecule is CCC(C)NC(=O)C(Cc1ccccc1)N(Cc1ccc(F)cc1)C(=O)CSCc1cccc(Cl)c1. The fourth-order valence-electron chi connectivity index (χ4n) is 3.75. The molecule has 3 aromatic carbocycles. The second-order valence-electron chi connectivity index (χ2n) is 8.79. The molecule has 7 heteroatoms. The second kappa shape index (κ2) is 14.0. The summed E-state index contributed by atoms with van der Waals surface area (Å²) in [7, 11) is 0. The van der Waals surface area contributed by atoms with Crippen LogP contribution in [0.4, 0.5) is 4.39 Å². The van der Waals surface area contributed by atoms with E-state index in [4.69, 9.17) is 11.6 Å². The van der Waals surface area contributed by atoms with Crippen LogP contribution in [0.15, 0.2) is 78.9 Å². The van der Waals surface area contributed by atoms with Gasteiger partial charge >= 0.3 is 0 Å². The molecule has 0 saturated heterocycles. The molecule has 0 radical (unpaired) electrons. The third-order valence-electron chi connectivity index (χ3n) is 5.92. The molecule has 0 aliphatic heterocycles. The van der Waals surface area contributed by atoms with Crippen LogP contribution in [-0.2, 0) is 28.3 Å². The Morgan fingerprint density at radius 2 is 1.67 bits per heavy atom. The molecular formula is C29H32ClFN2O2S. The second-order valence-corrected chi connectivity index (χ2v) is 10.2. The van der Waals surface area contributed by atoms with Gasteiger partial charge in [0.15, 0.2) is 0 Å². The third kappa shape index (κ3) is 8.68. The van der Waals surface area contributed by atoms with E-state index in [1.807, 2.05) is 68.4 Å². The predicted molar refractivity (Wildman–Crippen MR) is 146 cm³/mol. The normalized spacial score (nSPS) is 12.6. The summed E-state index contributed by atoms with van der Waals surface area (Å²) in [5.74, 6) is 0.147. The molecule has 0 spiro atoms. The number of amides is 2. The average molecular weight is 527 g/mol. The lowest BCUT2D eigenvalue weighted by molar-refractivity contribution is -0.139. The lowest BCUT2D eigenvalue weighted by Crippen LogP contribution is -2.52. The van der Waals surface area contributed by atoms with E-state index in [-0.39, 0.29) is 36.0 Å². The average Bonchev–Trinajstić information content (AvgIpc) is 2.87. The van der Waals surface area contributed by atoms with Gasteiger partial charge in [-0.1, -0.05) is 73.1 Å². The molecule has 1 N–H and O–H groups in total. The van der Waals surface area contributed by atoms with Gasteiger partial charge in [0.1, 0.15) is 11.9 Å². The Kier molecular flexibility index (Phi) is 10.8. The van der Waals surface area contributed by atoms with Crippen molar-refractivity contribution < 1.29 is 14.0 Å². The fourth-order valence-corrected chi connectivity index (χ4v) is 4.82. The predicted octanol–water partition coefficient (Wildman–Crippen LogP) is 6.27. The van der Waals surface area contributed by atoms with Crippen LogP contribution in [0.25, 0.3) is 0 Å². The highest BCUT2D eigenvalue weighted by Crippen LogP contribution is 2.20. The number of carbonyl (C=O) groups is 2. The Hall–Kier alpha value is -2.83. The Labute approximate surface area is 222 Å². The summed E-state index contributed by atoms with van der Waals surface area (Å²) in [6.45, 7) is 4.16. The van der Waals surface area contributed by atoms with Crippen molar-refractivity contribution in [3.05, 3.63) is 106 Å². The van der Waals surface area contributed by atoms with Crippen molar-refractivity contribution in [1.82, 2.24) is 10.2 Å². The molecule has 0 bridgehead atoms. The van der Waals surface area contributed by atoms with Gasteiger partial charge in [-0.25, -0.2) is 4.39 Å². The summed E-state index contributed by atoms with van der Waals surface area (Å²) >= 11 is 7.57. The number of thioether (sulfide) groups is 1. The van der Waals surface area contributed by atoms with Crippen molar-refractivity contribution in [2.75, 3.05) is 5.75 Å². The van der Waals surface area contributed by atoms with Crippen molar-refractivity contribution in [3.63, 3.8) is 0 Å². The maximum atomic E-state index is 13.6. The van der Waals surface area contributed by atoms with Gasteiger partial charge in [-0.15, -0.1) is 11.8 Å². The summed E-state index contributed by atoms with van der Waals surface area (Å²) in [4.78, 5) is 28.7. The first-order chi connectivity index (χ1) is 17.4. The first kappa shape index (κ1) is 27.8. The monoisotopic (exact) mass is 526 g/mol. The van der Waals surface area contributed by atoms with E-state index in [2.05, 4.69) is 5.32 Å². The van der Waals surface area contributed by atoms with Crippen LogP contribution < -0.4 is 5.32 Å². The lowest BCUT2D eigenvalue weighted by atomic mass is 10.0. The first-order valence-corrected chi connectivity index (χ1v) is 13.6. The third-order valence-corrected chi connectivity index (χ3v) is 7.15. The van der Waals surface area contributed by atoms with Gasteiger partial charge in [-0.3, -0.25) is 9.59 Å². The summed E-state index contributed by atoms with van der Waals surface area (Å²) in [6, 6.07) is 22.6. The van der Waals surface area contributed by atoms with E-state index >= 15 is 0 Å². The molecule has 0 heterocycles. The van der Waals surface area contributed by atoms with Crippen LogP contribution in [0.1, 0.15) is 37.0 Å². The molecule has 2 unspecified atom stereocenters. The molecular weight excluding hydrogens is 495 g/mol. The van der Waals surface area contributed by atoms with Gasteiger partial charge in [-0.2, -0.15) is 0 Å². The zero-order valence-electron chi connectivity index (χ0n) is 20.6. The highest BCUT2D eigenvalue weighted by Gasteiger charge is 2.30. The molecule has 3 rings (SSSR count). The molecule has 36 heavy (non-hydrogen) atoms. The van der Waals surface area contributed by atoms with E-state index in [1.54, 1.807) is 17.0 Å². The lowest BCUT2D eigenvalue weighted by Gasteiger charge is -2.32. The van der Waals surface area contributed by atoms with Crippen molar-refractivity contribution >= 4 is 35.2 Å². The smallest absolute Gasteiger partial charge is 0.243 e. The molecule has 0 aliphatic rings. The van der Waals surface area contributed by atoms with E-state index in [0.717, 1.165) is 23.1 Å². The summed E-state index contributed by atoms with van der Waals surface area (Å²) in [6.07, 6.45) is 1.17. The molecule has 0 saturated carbocycles. The van der Waals surface area contributed by atoms with Gasteiger partial charge in [0, 0.05) is 29.8 Å². The highest BCUT2D eigenvalue weighted by molar-refractivity contribution is 7.99. The number of hydrogen-bond donors (Lipinski definition) is 1. The zero-order chi connectivity index (χ0) is 25.9. The van der Waals surface area contributed by atoms with Crippen LogP contribution >= 0.6 is 23.4 Å². The van der Waals surface area contributed by atoms with Crippen LogP contribution in [-0.4, -0.2) is 34.6 Å². The minimum Gasteiger partial charge on any atom is -0.352 e. The Bertz CT molecular complexity index is 1130. The summed E-state index contributed by atoms with van der Waals surface area (Å²) in [5, 5.41) is 3.71. The first-order valence-electron chi connectivity index (χ1n) is 12.1. The quantitative estimate of drug-likeness (QED) is 0.303. The fraction of sp³-hybridized carbons (Fsp3) is 0.310. The Morgan fingerprint density at radius 3 is 2.33 bits per heavy atom. The summed E-state index contributed by atoms with van der Waals surface area (Å²) < 4.78 is 13.5. The van der Waals surface area contributed by atoms with Crippen LogP contribution in [0.5, 0.6) is 0 Å². The van der Waals surface area contributed by atoms with Crippen molar-refractivity contribution in [2.45, 2.75) is 51.1 Å². The molecule has 0 aromatic heterocycles. The molecule has 190 valence electrons. The van der Waals surface area contributed by atoms with Gasteiger partial charge < -0.3 is 10.2 Å². The van der Waals surface area contributed by atoms with Gasteiger partial charge in [-0.05, 0) is 54.3 Å². The van der Waals surface area contributed by atoms with Gasteiger partial charge in [0.25, 0.3) is 0 Å². The molecule has 3 aromatic rings. The largest absolute Gasteiger partial charge is 0.352 e. The van der Waals surface area contributed by atoms with E-state index in [1.165, 1.54) is 23.9 Å². The topological polar surface area (TPSA) is 49.4 Å². The van der Waals surface area contributed by atoms with E-state index in [0.29, 0.717) is 17.2 Å². The number of benzene rings is 3. The summed E-state index contributed by atoms with van der Waals surface area (Å²) in [5.41, 5.74) is 2.75. The maximum Gasteiger partial charge on any atom is 0.243 e. The number of nitrogens with one attached hydrogen (secondary N) is 1. The zero-order valence-corrected chi connectivity index (χ0v) is 22.2. The van der Waals surface area contributed by atoms with Crippen molar-refractivity contribution in [3.8, 4) is 0 Å². The molecule has 2 atom stereocenters. The van der Waals surface area contributed by atoms with Crippen molar-refractivity contribution in [1.29, 1.82) is 0 Å². The van der Waals surface area contributed by atoms with Crippen LogP contribution in [0.3, 0.4) is 0 Å². The van der Waals surface area contributed by atoms with Crippen LogP contribution in [0.2, 0.25) is 5.02 Å².